The number of hydrogen-bond acceptors (Lipinski definition) is 5. The van der Waals surface area contributed by atoms with Gasteiger partial charge < -0.3 is 16.3 Å². The maximum atomic E-state index is 11.7. The Morgan fingerprint density at radius 3 is 2.88 bits per heavy atom. The van der Waals surface area contributed by atoms with E-state index in [0.717, 1.165) is 0 Å². The van der Waals surface area contributed by atoms with E-state index in [2.05, 4.69) is 20.7 Å². The number of nitrogens with zero attached hydrogens (tertiary/aromatic N) is 3. The first kappa shape index (κ1) is 11.9. The molecule has 0 aliphatic heterocycles. The minimum atomic E-state index is -0.331. The van der Waals surface area contributed by atoms with Gasteiger partial charge in [0.05, 0.1) is 23.5 Å². The fourth-order valence-corrected chi connectivity index (χ4v) is 1.08. The third-order valence-corrected chi connectivity index (χ3v) is 1.90. The number of nitrogens with one attached hydrogen (secondary N) is 1. The van der Waals surface area contributed by atoms with E-state index in [-0.39, 0.29) is 18.3 Å². The predicted molar refractivity (Wildman–Crippen MR) is 57.2 cm³/mol. The first-order chi connectivity index (χ1) is 7.54. The highest BCUT2D eigenvalue weighted by Crippen LogP contribution is 2.04. The lowest BCUT2D eigenvalue weighted by atomic mass is 10.2. The molecule has 0 saturated heterocycles. The highest BCUT2D eigenvalue weighted by Gasteiger charge is 2.10. The number of oxime groups is 1. The molecule has 1 aromatic heterocycles. The first-order valence-electron chi connectivity index (χ1n) is 4.60. The van der Waals surface area contributed by atoms with Crippen molar-refractivity contribution in [2.24, 2.45) is 10.9 Å². The summed E-state index contributed by atoms with van der Waals surface area (Å²) in [7, 11) is 0. The summed E-state index contributed by atoms with van der Waals surface area (Å²) in [5.74, 6) is -0.396. The molecule has 7 nitrogen and oxygen atoms in total. The molecule has 0 aliphatic carbocycles. The van der Waals surface area contributed by atoms with Crippen molar-refractivity contribution in [3.05, 3.63) is 23.0 Å². The quantitative estimate of drug-likeness (QED) is 0.278. The summed E-state index contributed by atoms with van der Waals surface area (Å²) in [4.78, 5) is 11.7. The van der Waals surface area contributed by atoms with E-state index >= 15 is 0 Å². The SMILES string of the molecule is Cc1cc(C(=O)NC/C(N)=N/O)c(C)nn1. The molecule has 86 valence electrons. The highest BCUT2D eigenvalue weighted by molar-refractivity contribution is 5.97. The van der Waals surface area contributed by atoms with Crippen LogP contribution in [-0.2, 0) is 0 Å². The second kappa shape index (κ2) is 5.06. The molecular weight excluding hydrogens is 210 g/mol. The van der Waals surface area contributed by atoms with Crippen LogP contribution in [0.4, 0.5) is 0 Å². The van der Waals surface area contributed by atoms with Crippen LogP contribution in [0, 0.1) is 13.8 Å². The third kappa shape index (κ3) is 2.91. The average molecular weight is 223 g/mol. The van der Waals surface area contributed by atoms with Crippen LogP contribution >= 0.6 is 0 Å². The van der Waals surface area contributed by atoms with Gasteiger partial charge in [0, 0.05) is 0 Å². The minimum absolute atomic E-state index is 0.0177. The summed E-state index contributed by atoms with van der Waals surface area (Å²) in [6.45, 7) is 3.41. The van der Waals surface area contributed by atoms with E-state index in [9.17, 15) is 4.79 Å². The third-order valence-electron chi connectivity index (χ3n) is 1.90. The van der Waals surface area contributed by atoms with Crippen molar-refractivity contribution < 1.29 is 10.0 Å². The Labute approximate surface area is 92.4 Å². The van der Waals surface area contributed by atoms with Crippen molar-refractivity contribution in [1.29, 1.82) is 0 Å². The van der Waals surface area contributed by atoms with Gasteiger partial charge in [0.2, 0.25) is 0 Å². The Kier molecular flexibility index (Phi) is 3.76. The molecule has 0 bridgehead atoms. The van der Waals surface area contributed by atoms with Gasteiger partial charge in [-0.2, -0.15) is 10.2 Å². The van der Waals surface area contributed by atoms with Crippen molar-refractivity contribution in [2.45, 2.75) is 13.8 Å². The van der Waals surface area contributed by atoms with Crippen molar-refractivity contribution in [2.75, 3.05) is 6.54 Å². The van der Waals surface area contributed by atoms with Crippen LogP contribution in [0.15, 0.2) is 11.2 Å². The molecule has 1 aromatic rings. The van der Waals surface area contributed by atoms with E-state index in [4.69, 9.17) is 10.9 Å². The van der Waals surface area contributed by atoms with Gasteiger partial charge in [-0.05, 0) is 19.9 Å². The van der Waals surface area contributed by atoms with Crippen molar-refractivity contribution >= 4 is 11.7 Å². The van der Waals surface area contributed by atoms with Crippen LogP contribution in [0.3, 0.4) is 0 Å². The predicted octanol–water partition coefficient (Wildman–Crippen LogP) is -0.430. The Morgan fingerprint density at radius 2 is 2.25 bits per heavy atom. The van der Waals surface area contributed by atoms with Gasteiger partial charge in [-0.1, -0.05) is 5.16 Å². The second-order valence-electron chi connectivity index (χ2n) is 3.26. The lowest BCUT2D eigenvalue weighted by Crippen LogP contribution is -2.34. The number of carbonyl (C=O) groups excluding carboxylic acids is 1. The number of hydrogen-bond donors (Lipinski definition) is 3. The molecular formula is C9H13N5O2. The van der Waals surface area contributed by atoms with E-state index in [1.165, 1.54) is 0 Å². The molecule has 7 heteroatoms. The summed E-state index contributed by atoms with van der Waals surface area (Å²) in [6, 6.07) is 1.63. The molecule has 0 saturated carbocycles. The Morgan fingerprint density at radius 1 is 1.56 bits per heavy atom. The van der Waals surface area contributed by atoms with Crippen LogP contribution in [0.5, 0.6) is 0 Å². The van der Waals surface area contributed by atoms with E-state index < -0.39 is 0 Å². The molecule has 1 amide bonds. The van der Waals surface area contributed by atoms with E-state index in [1.807, 2.05) is 0 Å². The monoisotopic (exact) mass is 223 g/mol. The number of aryl methyl sites for hydroxylation is 2. The fraction of sp³-hybridized carbons (Fsp3) is 0.333. The lowest BCUT2D eigenvalue weighted by Gasteiger charge is -2.06. The summed E-state index contributed by atoms with van der Waals surface area (Å²) in [5.41, 5.74) is 6.84. The summed E-state index contributed by atoms with van der Waals surface area (Å²) in [5, 5.41) is 21.2. The first-order valence-corrected chi connectivity index (χ1v) is 4.60. The van der Waals surface area contributed by atoms with Gasteiger partial charge in [-0.3, -0.25) is 4.79 Å². The van der Waals surface area contributed by atoms with Crippen LogP contribution in [0.1, 0.15) is 21.7 Å². The van der Waals surface area contributed by atoms with Gasteiger partial charge in [0.1, 0.15) is 0 Å². The minimum Gasteiger partial charge on any atom is -0.409 e. The molecule has 16 heavy (non-hydrogen) atoms. The highest BCUT2D eigenvalue weighted by atomic mass is 16.4. The van der Waals surface area contributed by atoms with Crippen molar-refractivity contribution in [3.63, 3.8) is 0 Å². The van der Waals surface area contributed by atoms with Gasteiger partial charge in [-0.25, -0.2) is 0 Å². The Hall–Kier alpha value is -2.18. The topological polar surface area (TPSA) is 113 Å². The van der Waals surface area contributed by atoms with E-state index in [0.29, 0.717) is 17.0 Å². The molecule has 0 aliphatic rings. The number of nitrogens with two attached hydrogens (primary N) is 1. The van der Waals surface area contributed by atoms with Gasteiger partial charge >= 0.3 is 0 Å². The summed E-state index contributed by atoms with van der Waals surface area (Å²) < 4.78 is 0. The molecule has 0 unspecified atom stereocenters. The van der Waals surface area contributed by atoms with Crippen LogP contribution < -0.4 is 11.1 Å². The largest absolute Gasteiger partial charge is 0.409 e. The Bertz CT molecular complexity index is 430. The van der Waals surface area contributed by atoms with Crippen molar-refractivity contribution in [3.8, 4) is 0 Å². The van der Waals surface area contributed by atoms with Gasteiger partial charge in [0.25, 0.3) is 5.91 Å². The van der Waals surface area contributed by atoms with Gasteiger partial charge in [0.15, 0.2) is 5.84 Å². The van der Waals surface area contributed by atoms with E-state index in [1.54, 1.807) is 19.9 Å². The number of amides is 1. The molecule has 0 aromatic carbocycles. The van der Waals surface area contributed by atoms with Crippen molar-refractivity contribution in [1.82, 2.24) is 15.5 Å². The number of aromatic nitrogens is 2. The smallest absolute Gasteiger partial charge is 0.253 e. The number of amidine groups is 1. The zero-order valence-electron chi connectivity index (χ0n) is 9.06. The standard InChI is InChI=1S/C9H13N5O2/c1-5-3-7(6(2)13-12-5)9(15)11-4-8(10)14-16/h3,16H,4H2,1-2H3,(H2,10,14)(H,11,15). The zero-order chi connectivity index (χ0) is 12.1. The molecule has 0 spiro atoms. The number of carbonyl (C=O) groups is 1. The lowest BCUT2D eigenvalue weighted by molar-refractivity contribution is 0.0957. The van der Waals surface area contributed by atoms with Crippen LogP contribution in [0.25, 0.3) is 0 Å². The second-order valence-corrected chi connectivity index (χ2v) is 3.26. The molecule has 1 rings (SSSR count). The fourth-order valence-electron chi connectivity index (χ4n) is 1.08. The van der Waals surface area contributed by atoms with Gasteiger partial charge in [-0.15, -0.1) is 0 Å². The zero-order valence-corrected chi connectivity index (χ0v) is 9.06. The normalized spacial score (nSPS) is 11.2. The molecule has 0 atom stereocenters. The number of rotatable bonds is 3. The Balaban J connectivity index is 2.77. The van der Waals surface area contributed by atoms with Crippen LogP contribution in [0.2, 0.25) is 0 Å². The molecule has 1 heterocycles. The molecule has 0 fully saturated rings. The van der Waals surface area contributed by atoms with Crippen LogP contribution in [-0.4, -0.2) is 33.7 Å². The maximum absolute atomic E-state index is 11.7. The summed E-state index contributed by atoms with van der Waals surface area (Å²) >= 11 is 0. The average Bonchev–Trinajstić information content (AvgIpc) is 2.28. The molecule has 0 radical (unpaired) electrons. The summed E-state index contributed by atoms with van der Waals surface area (Å²) in [6.07, 6.45) is 0. The maximum Gasteiger partial charge on any atom is 0.253 e. The molecule has 4 N–H and O–H groups in total.